The maximum Gasteiger partial charge on any atom is 0.240 e. The Morgan fingerprint density at radius 2 is 2.27 bits per heavy atom. The van der Waals surface area contributed by atoms with Crippen LogP contribution in [-0.2, 0) is 4.79 Å². The molecule has 1 saturated heterocycles. The van der Waals surface area contributed by atoms with Crippen LogP contribution >= 0.6 is 0 Å². The zero-order chi connectivity index (χ0) is 11.1. The second-order valence-electron chi connectivity index (χ2n) is 4.40. The molecule has 0 aliphatic carbocycles. The Kier molecular flexibility index (Phi) is 5.05. The van der Waals surface area contributed by atoms with E-state index >= 15 is 0 Å². The average molecular weight is 214 g/mol. The Balaban J connectivity index is 2.25. The van der Waals surface area contributed by atoms with Crippen LogP contribution in [0, 0.1) is 0 Å². The fourth-order valence-corrected chi connectivity index (χ4v) is 1.88. The molecule has 88 valence electrons. The van der Waals surface area contributed by atoms with Crippen LogP contribution in [-0.4, -0.2) is 36.2 Å². The highest BCUT2D eigenvalue weighted by molar-refractivity contribution is 5.85. The molecule has 1 rings (SSSR count). The van der Waals surface area contributed by atoms with Crippen LogP contribution in [0.2, 0.25) is 0 Å². The Hall–Kier alpha value is -0.610. The Labute approximate surface area is 91.4 Å². The minimum Gasteiger partial charge on any atom is -0.396 e. The zero-order valence-corrected chi connectivity index (χ0v) is 9.51. The van der Waals surface area contributed by atoms with Crippen molar-refractivity contribution in [2.24, 2.45) is 0 Å². The SMILES string of the molecule is CC1(C(=O)NCCCCO)CCCCN1. The minimum atomic E-state index is -0.378. The number of carbonyl (C=O) groups excluding carboxylic acids is 1. The molecule has 0 saturated carbocycles. The van der Waals surface area contributed by atoms with Crippen molar-refractivity contribution in [3.63, 3.8) is 0 Å². The van der Waals surface area contributed by atoms with Gasteiger partial charge in [0.05, 0.1) is 5.54 Å². The molecule has 15 heavy (non-hydrogen) atoms. The van der Waals surface area contributed by atoms with Crippen LogP contribution < -0.4 is 10.6 Å². The molecule has 1 atom stereocenters. The number of unbranched alkanes of at least 4 members (excludes halogenated alkanes) is 1. The summed E-state index contributed by atoms with van der Waals surface area (Å²) in [6, 6.07) is 0. The lowest BCUT2D eigenvalue weighted by molar-refractivity contribution is -0.127. The topological polar surface area (TPSA) is 61.4 Å². The van der Waals surface area contributed by atoms with Crippen LogP contribution in [0.5, 0.6) is 0 Å². The summed E-state index contributed by atoms with van der Waals surface area (Å²) in [7, 11) is 0. The number of hydrogen-bond acceptors (Lipinski definition) is 3. The van der Waals surface area contributed by atoms with Gasteiger partial charge in [-0.1, -0.05) is 0 Å². The second kappa shape index (κ2) is 6.08. The molecule has 1 fully saturated rings. The predicted molar refractivity (Wildman–Crippen MR) is 59.6 cm³/mol. The van der Waals surface area contributed by atoms with Gasteiger partial charge in [0.2, 0.25) is 5.91 Å². The average Bonchev–Trinajstić information content (AvgIpc) is 2.25. The van der Waals surface area contributed by atoms with Gasteiger partial charge in [-0.05, 0) is 45.6 Å². The number of aliphatic hydroxyl groups is 1. The van der Waals surface area contributed by atoms with Crippen molar-refractivity contribution < 1.29 is 9.90 Å². The van der Waals surface area contributed by atoms with Gasteiger partial charge >= 0.3 is 0 Å². The molecule has 4 nitrogen and oxygen atoms in total. The lowest BCUT2D eigenvalue weighted by atomic mass is 9.90. The number of carbonyl (C=O) groups is 1. The van der Waals surface area contributed by atoms with Gasteiger partial charge in [0.15, 0.2) is 0 Å². The smallest absolute Gasteiger partial charge is 0.240 e. The molecule has 0 radical (unpaired) electrons. The standard InChI is InChI=1S/C11H22N2O2/c1-11(6-2-3-8-13-11)10(15)12-7-4-5-9-14/h13-14H,2-9H2,1H3,(H,12,15). The van der Waals surface area contributed by atoms with E-state index in [0.29, 0.717) is 6.54 Å². The Bertz CT molecular complexity index is 201. The first kappa shape index (κ1) is 12.5. The summed E-state index contributed by atoms with van der Waals surface area (Å²) in [6.45, 7) is 3.76. The number of hydrogen-bond donors (Lipinski definition) is 3. The van der Waals surface area contributed by atoms with E-state index in [-0.39, 0.29) is 18.1 Å². The molecule has 0 bridgehead atoms. The summed E-state index contributed by atoms with van der Waals surface area (Å²) in [5.41, 5.74) is -0.378. The summed E-state index contributed by atoms with van der Waals surface area (Å²) >= 11 is 0. The lowest BCUT2D eigenvalue weighted by Crippen LogP contribution is -2.57. The third kappa shape index (κ3) is 3.80. The molecular weight excluding hydrogens is 192 g/mol. The number of nitrogens with one attached hydrogen (secondary N) is 2. The van der Waals surface area contributed by atoms with Crippen molar-refractivity contribution in [3.05, 3.63) is 0 Å². The molecule has 1 heterocycles. The normalized spacial score (nSPS) is 26.3. The first-order valence-corrected chi connectivity index (χ1v) is 5.83. The van der Waals surface area contributed by atoms with E-state index in [1.54, 1.807) is 0 Å². The van der Waals surface area contributed by atoms with Gasteiger partial charge < -0.3 is 15.7 Å². The van der Waals surface area contributed by atoms with E-state index in [9.17, 15) is 4.79 Å². The van der Waals surface area contributed by atoms with E-state index in [4.69, 9.17) is 5.11 Å². The lowest BCUT2D eigenvalue weighted by Gasteiger charge is -2.33. The fraction of sp³-hybridized carbons (Fsp3) is 0.909. The molecule has 0 aromatic rings. The van der Waals surface area contributed by atoms with E-state index in [2.05, 4.69) is 10.6 Å². The maximum atomic E-state index is 11.8. The summed E-state index contributed by atoms with van der Waals surface area (Å²) in [5.74, 6) is 0.0974. The highest BCUT2D eigenvalue weighted by atomic mass is 16.2. The second-order valence-corrected chi connectivity index (χ2v) is 4.40. The van der Waals surface area contributed by atoms with Gasteiger partial charge in [0, 0.05) is 13.2 Å². The van der Waals surface area contributed by atoms with Crippen molar-refractivity contribution in [1.82, 2.24) is 10.6 Å². The largest absolute Gasteiger partial charge is 0.396 e. The number of piperidine rings is 1. The quantitative estimate of drug-likeness (QED) is 0.581. The van der Waals surface area contributed by atoms with Crippen molar-refractivity contribution in [3.8, 4) is 0 Å². The van der Waals surface area contributed by atoms with Gasteiger partial charge in [-0.15, -0.1) is 0 Å². The van der Waals surface area contributed by atoms with Crippen molar-refractivity contribution >= 4 is 5.91 Å². The number of rotatable bonds is 5. The van der Waals surface area contributed by atoms with E-state index in [1.165, 1.54) is 0 Å². The van der Waals surface area contributed by atoms with Crippen LogP contribution in [0.4, 0.5) is 0 Å². The van der Waals surface area contributed by atoms with Crippen molar-refractivity contribution in [2.45, 2.75) is 44.6 Å². The van der Waals surface area contributed by atoms with Crippen LogP contribution in [0.3, 0.4) is 0 Å². The third-order valence-electron chi connectivity index (χ3n) is 2.99. The predicted octanol–water partition coefficient (Wildman–Crippen LogP) is 0.407. The summed E-state index contributed by atoms with van der Waals surface area (Å²) < 4.78 is 0. The highest BCUT2D eigenvalue weighted by Crippen LogP contribution is 2.18. The van der Waals surface area contributed by atoms with Gasteiger partial charge in [-0.25, -0.2) is 0 Å². The van der Waals surface area contributed by atoms with Gasteiger partial charge in [0.25, 0.3) is 0 Å². The van der Waals surface area contributed by atoms with Crippen LogP contribution in [0.25, 0.3) is 0 Å². The van der Waals surface area contributed by atoms with E-state index in [0.717, 1.165) is 38.6 Å². The molecule has 0 spiro atoms. The molecule has 3 N–H and O–H groups in total. The van der Waals surface area contributed by atoms with Gasteiger partial charge in [0.1, 0.15) is 0 Å². The third-order valence-corrected chi connectivity index (χ3v) is 2.99. The molecule has 0 aromatic heterocycles. The highest BCUT2D eigenvalue weighted by Gasteiger charge is 2.33. The van der Waals surface area contributed by atoms with Crippen LogP contribution in [0.1, 0.15) is 39.0 Å². The van der Waals surface area contributed by atoms with Crippen LogP contribution in [0.15, 0.2) is 0 Å². The number of aliphatic hydroxyl groups excluding tert-OH is 1. The zero-order valence-electron chi connectivity index (χ0n) is 9.51. The molecule has 1 aliphatic heterocycles. The minimum absolute atomic E-state index is 0.0974. The van der Waals surface area contributed by atoms with Gasteiger partial charge in [-0.2, -0.15) is 0 Å². The summed E-state index contributed by atoms with van der Waals surface area (Å²) in [6.07, 6.45) is 4.79. The summed E-state index contributed by atoms with van der Waals surface area (Å²) in [5, 5.41) is 14.8. The monoisotopic (exact) mass is 214 g/mol. The fourth-order valence-electron chi connectivity index (χ4n) is 1.88. The van der Waals surface area contributed by atoms with E-state index in [1.807, 2.05) is 6.92 Å². The Morgan fingerprint density at radius 1 is 1.47 bits per heavy atom. The summed E-state index contributed by atoms with van der Waals surface area (Å²) in [4.78, 5) is 11.8. The van der Waals surface area contributed by atoms with Crippen molar-refractivity contribution in [2.75, 3.05) is 19.7 Å². The molecule has 1 unspecified atom stereocenters. The molecule has 0 aromatic carbocycles. The first-order valence-electron chi connectivity index (χ1n) is 5.83. The molecular formula is C11H22N2O2. The number of amides is 1. The maximum absolute atomic E-state index is 11.8. The molecule has 1 amide bonds. The van der Waals surface area contributed by atoms with Gasteiger partial charge in [-0.3, -0.25) is 4.79 Å². The first-order chi connectivity index (χ1) is 7.19. The molecule has 4 heteroatoms. The Morgan fingerprint density at radius 3 is 2.87 bits per heavy atom. The molecule has 1 aliphatic rings. The van der Waals surface area contributed by atoms with Crippen molar-refractivity contribution in [1.29, 1.82) is 0 Å². The van der Waals surface area contributed by atoms with E-state index < -0.39 is 0 Å².